The number of fused-ring (bicyclic) bond motifs is 1. The van der Waals surface area contributed by atoms with Crippen LogP contribution in [0.2, 0.25) is 0 Å². The van der Waals surface area contributed by atoms with Crippen LogP contribution < -0.4 is 9.46 Å². The molecule has 0 saturated heterocycles. The minimum absolute atomic E-state index is 0.116. The second-order valence-corrected chi connectivity index (χ2v) is 7.24. The van der Waals surface area contributed by atoms with E-state index in [0.717, 1.165) is 36.8 Å². The monoisotopic (exact) mass is 335 g/mol. The molecule has 1 N–H and O–H groups in total. The van der Waals surface area contributed by atoms with Crippen molar-refractivity contribution in [2.75, 3.05) is 11.8 Å². The van der Waals surface area contributed by atoms with Crippen LogP contribution in [0.1, 0.15) is 24.0 Å². The molecule has 1 aliphatic carbocycles. The summed E-state index contributed by atoms with van der Waals surface area (Å²) in [5.74, 6) is -0.0837. The van der Waals surface area contributed by atoms with E-state index in [1.54, 1.807) is 6.07 Å². The van der Waals surface area contributed by atoms with Crippen LogP contribution in [0.15, 0.2) is 41.3 Å². The number of halogens is 1. The summed E-state index contributed by atoms with van der Waals surface area (Å²) in [7, 11) is -2.34. The lowest BCUT2D eigenvalue weighted by molar-refractivity contribution is 0.401. The summed E-state index contributed by atoms with van der Waals surface area (Å²) in [4.78, 5) is 0.116. The predicted octanol–water partition coefficient (Wildman–Crippen LogP) is 3.51. The molecule has 6 heteroatoms. The molecule has 0 bridgehead atoms. The Hall–Kier alpha value is -2.08. The molecule has 122 valence electrons. The fourth-order valence-corrected chi connectivity index (χ4v) is 4.10. The van der Waals surface area contributed by atoms with Crippen LogP contribution >= 0.6 is 0 Å². The van der Waals surface area contributed by atoms with Gasteiger partial charge in [0.25, 0.3) is 10.0 Å². The first-order valence-corrected chi connectivity index (χ1v) is 8.96. The molecular weight excluding hydrogens is 317 g/mol. The summed E-state index contributed by atoms with van der Waals surface area (Å²) in [5, 5.41) is 0. The number of rotatable bonds is 4. The van der Waals surface area contributed by atoms with Gasteiger partial charge < -0.3 is 4.74 Å². The molecule has 0 aromatic heterocycles. The number of methoxy groups -OCH3 is 1. The van der Waals surface area contributed by atoms with Gasteiger partial charge in [-0.1, -0.05) is 0 Å². The zero-order chi connectivity index (χ0) is 16.4. The summed E-state index contributed by atoms with van der Waals surface area (Å²) >= 11 is 0. The van der Waals surface area contributed by atoms with Crippen LogP contribution in [-0.2, 0) is 22.9 Å². The average molecular weight is 335 g/mol. The summed E-state index contributed by atoms with van der Waals surface area (Å²) in [6.07, 6.45) is 3.98. The highest BCUT2D eigenvalue weighted by Gasteiger charge is 2.23. The summed E-state index contributed by atoms with van der Waals surface area (Å²) in [5.41, 5.74) is 2.51. The molecule has 0 saturated carbocycles. The number of ether oxygens (including phenoxy) is 1. The van der Waals surface area contributed by atoms with Gasteiger partial charge in [0, 0.05) is 5.69 Å². The molecule has 4 nitrogen and oxygen atoms in total. The van der Waals surface area contributed by atoms with Crippen LogP contribution in [0.3, 0.4) is 0 Å². The molecule has 0 fully saturated rings. The fourth-order valence-electron chi connectivity index (χ4n) is 2.84. The Kier molecular flexibility index (Phi) is 4.26. The molecule has 0 amide bonds. The van der Waals surface area contributed by atoms with E-state index in [0.29, 0.717) is 11.4 Å². The fraction of sp³-hybridized carbons (Fsp3) is 0.294. The van der Waals surface area contributed by atoms with Crippen LogP contribution in [0.4, 0.5) is 10.1 Å². The lowest BCUT2D eigenvalue weighted by Gasteiger charge is -2.19. The molecule has 0 unspecified atom stereocenters. The quantitative estimate of drug-likeness (QED) is 0.930. The molecule has 0 aliphatic heterocycles. The van der Waals surface area contributed by atoms with Gasteiger partial charge in [-0.3, -0.25) is 4.72 Å². The molecule has 1 aliphatic rings. The maximum absolute atomic E-state index is 13.0. The Labute approximate surface area is 135 Å². The van der Waals surface area contributed by atoms with Crippen molar-refractivity contribution in [2.45, 2.75) is 30.6 Å². The van der Waals surface area contributed by atoms with Crippen LogP contribution in [0, 0.1) is 5.82 Å². The van der Waals surface area contributed by atoms with E-state index in [1.807, 2.05) is 6.07 Å². The number of hydrogen-bond donors (Lipinski definition) is 1. The zero-order valence-corrected chi connectivity index (χ0v) is 13.6. The molecule has 0 spiro atoms. The van der Waals surface area contributed by atoms with E-state index in [2.05, 4.69) is 4.72 Å². The zero-order valence-electron chi connectivity index (χ0n) is 12.8. The van der Waals surface area contributed by atoms with Crippen molar-refractivity contribution in [1.29, 1.82) is 0 Å². The van der Waals surface area contributed by atoms with Gasteiger partial charge in [-0.2, -0.15) is 0 Å². The van der Waals surface area contributed by atoms with Gasteiger partial charge in [0.2, 0.25) is 0 Å². The van der Waals surface area contributed by atoms with Gasteiger partial charge >= 0.3 is 0 Å². The Morgan fingerprint density at radius 3 is 2.26 bits per heavy atom. The van der Waals surface area contributed by atoms with E-state index in [1.165, 1.54) is 31.4 Å². The number of benzene rings is 2. The van der Waals surface area contributed by atoms with Crippen molar-refractivity contribution in [3.8, 4) is 5.75 Å². The first-order valence-electron chi connectivity index (χ1n) is 7.48. The first-order chi connectivity index (χ1) is 11.0. The Morgan fingerprint density at radius 2 is 1.65 bits per heavy atom. The smallest absolute Gasteiger partial charge is 0.265 e. The third kappa shape index (κ3) is 3.32. The van der Waals surface area contributed by atoms with Gasteiger partial charge in [-0.05, 0) is 73.2 Å². The van der Waals surface area contributed by atoms with Gasteiger partial charge in [-0.25, -0.2) is 12.8 Å². The van der Waals surface area contributed by atoms with Gasteiger partial charge in [-0.15, -0.1) is 0 Å². The molecule has 3 rings (SSSR count). The number of nitrogens with one attached hydrogen (secondary N) is 1. The normalized spacial score (nSPS) is 14.2. The molecule has 0 radical (unpaired) electrons. The maximum atomic E-state index is 13.0. The number of anilines is 1. The summed E-state index contributed by atoms with van der Waals surface area (Å²) in [6.45, 7) is 0. The molecule has 2 aromatic rings. The molecule has 0 heterocycles. The van der Waals surface area contributed by atoms with Crippen molar-refractivity contribution >= 4 is 15.7 Å². The van der Waals surface area contributed by atoms with Crippen molar-refractivity contribution in [2.24, 2.45) is 0 Å². The number of aryl methyl sites for hydroxylation is 2. The van der Waals surface area contributed by atoms with Gasteiger partial charge in [0.1, 0.15) is 16.5 Å². The second-order valence-electron chi connectivity index (χ2n) is 5.59. The summed E-state index contributed by atoms with van der Waals surface area (Å²) in [6, 6.07) is 8.70. The predicted molar refractivity (Wildman–Crippen MR) is 86.8 cm³/mol. The SMILES string of the molecule is COc1cc2c(cc1S(=O)(=O)Nc1ccc(F)cc1)CCCC2. The molecule has 2 aromatic carbocycles. The topological polar surface area (TPSA) is 55.4 Å². The number of hydrogen-bond acceptors (Lipinski definition) is 3. The third-order valence-corrected chi connectivity index (χ3v) is 5.42. The van der Waals surface area contributed by atoms with Crippen LogP contribution in [0.5, 0.6) is 5.75 Å². The van der Waals surface area contributed by atoms with E-state index in [-0.39, 0.29) is 4.90 Å². The van der Waals surface area contributed by atoms with E-state index < -0.39 is 15.8 Å². The molecule has 23 heavy (non-hydrogen) atoms. The van der Waals surface area contributed by atoms with Crippen molar-refractivity contribution < 1.29 is 17.5 Å². The average Bonchev–Trinajstić information content (AvgIpc) is 2.55. The third-order valence-electron chi connectivity index (χ3n) is 4.01. The molecule has 0 atom stereocenters. The van der Waals surface area contributed by atoms with Crippen LogP contribution in [0.25, 0.3) is 0 Å². The minimum atomic E-state index is -3.80. The highest BCUT2D eigenvalue weighted by atomic mass is 32.2. The van der Waals surface area contributed by atoms with Crippen molar-refractivity contribution in [3.05, 3.63) is 53.3 Å². The van der Waals surface area contributed by atoms with Crippen LogP contribution in [-0.4, -0.2) is 15.5 Å². The standard InChI is InChI=1S/C17H18FNO3S/c1-22-16-10-12-4-2-3-5-13(12)11-17(16)23(20,21)19-15-8-6-14(18)7-9-15/h6-11,19H,2-5H2,1H3. The summed E-state index contributed by atoms with van der Waals surface area (Å²) < 4.78 is 46.0. The minimum Gasteiger partial charge on any atom is -0.495 e. The van der Waals surface area contributed by atoms with E-state index in [4.69, 9.17) is 4.74 Å². The lowest BCUT2D eigenvalue weighted by Crippen LogP contribution is -2.16. The Bertz CT molecular complexity index is 816. The van der Waals surface area contributed by atoms with Crippen molar-refractivity contribution in [1.82, 2.24) is 0 Å². The van der Waals surface area contributed by atoms with Crippen molar-refractivity contribution in [3.63, 3.8) is 0 Å². The largest absolute Gasteiger partial charge is 0.495 e. The second kappa shape index (κ2) is 6.20. The van der Waals surface area contributed by atoms with Gasteiger partial charge in [0.15, 0.2) is 0 Å². The van der Waals surface area contributed by atoms with E-state index >= 15 is 0 Å². The lowest BCUT2D eigenvalue weighted by atomic mass is 9.92. The maximum Gasteiger partial charge on any atom is 0.265 e. The number of sulfonamides is 1. The van der Waals surface area contributed by atoms with Gasteiger partial charge in [0.05, 0.1) is 7.11 Å². The molecular formula is C17H18FNO3S. The Morgan fingerprint density at radius 1 is 1.04 bits per heavy atom. The highest BCUT2D eigenvalue weighted by Crippen LogP contribution is 2.32. The van der Waals surface area contributed by atoms with E-state index in [9.17, 15) is 12.8 Å². The highest BCUT2D eigenvalue weighted by molar-refractivity contribution is 7.92. The first kappa shape index (κ1) is 15.8. The Balaban J connectivity index is 1.99.